The number of benzene rings is 1. The zero-order chi connectivity index (χ0) is 17.8. The lowest BCUT2D eigenvalue weighted by atomic mass is 10.1. The normalized spacial score (nSPS) is 10.5. The molecule has 0 saturated heterocycles. The van der Waals surface area contributed by atoms with Crippen molar-refractivity contribution in [1.29, 1.82) is 0 Å². The highest BCUT2D eigenvalue weighted by molar-refractivity contribution is 7.98. The zero-order valence-corrected chi connectivity index (χ0v) is 16.9. The minimum absolute atomic E-state index is 0.0332. The molecule has 0 heterocycles. The minimum atomic E-state index is 0.0332. The van der Waals surface area contributed by atoms with Crippen LogP contribution in [0.1, 0.15) is 43.7 Å². The Morgan fingerprint density at radius 2 is 2.08 bits per heavy atom. The third kappa shape index (κ3) is 7.86. The van der Waals surface area contributed by atoms with Gasteiger partial charge in [-0.2, -0.15) is 11.8 Å². The number of anilines is 1. The van der Waals surface area contributed by atoms with Crippen LogP contribution in [-0.4, -0.2) is 35.3 Å². The second-order valence-electron chi connectivity index (χ2n) is 5.52. The van der Waals surface area contributed by atoms with Crippen molar-refractivity contribution in [2.45, 2.75) is 39.0 Å². The highest BCUT2D eigenvalue weighted by atomic mass is 35.5. The van der Waals surface area contributed by atoms with Crippen LogP contribution in [0.4, 0.5) is 5.69 Å². The first kappa shape index (κ1) is 21.3. The Kier molecular flexibility index (Phi) is 11.1. The topological polar surface area (TPSA) is 41.1 Å². The molecule has 0 atom stereocenters. The summed E-state index contributed by atoms with van der Waals surface area (Å²) >= 11 is 13.0. The Balaban J connectivity index is 2.69. The van der Waals surface area contributed by atoms with Crippen LogP contribution in [0.15, 0.2) is 18.2 Å². The van der Waals surface area contributed by atoms with Gasteiger partial charge in [0.25, 0.3) is 0 Å². The first-order valence-electron chi connectivity index (χ1n) is 8.38. The second-order valence-corrected chi connectivity index (χ2v) is 7.29. The summed E-state index contributed by atoms with van der Waals surface area (Å²) in [5, 5.41) is 6.30. The molecule has 3 nitrogen and oxygen atoms in total. The van der Waals surface area contributed by atoms with Crippen molar-refractivity contribution in [2.75, 3.05) is 29.8 Å². The molecule has 0 aliphatic heterocycles. The van der Waals surface area contributed by atoms with Gasteiger partial charge in [-0.05, 0) is 49.3 Å². The standard InChI is InChI=1S/C18H27ClN2OS2/c1-3-14-8-9-15(18(23)20-11-6-12-24-2)13-16(14)21-17(22)7-4-5-10-19/h8-9,13H,3-7,10-12H2,1-2H3,(H,20,23)(H,21,22). The van der Waals surface area contributed by atoms with Gasteiger partial charge in [0.05, 0.1) is 0 Å². The summed E-state index contributed by atoms with van der Waals surface area (Å²) in [6, 6.07) is 6.04. The van der Waals surface area contributed by atoms with Crippen LogP contribution in [0.3, 0.4) is 0 Å². The van der Waals surface area contributed by atoms with Gasteiger partial charge in [-0.3, -0.25) is 4.79 Å². The highest BCUT2D eigenvalue weighted by Crippen LogP contribution is 2.19. The van der Waals surface area contributed by atoms with Crippen molar-refractivity contribution in [1.82, 2.24) is 5.32 Å². The minimum Gasteiger partial charge on any atom is -0.376 e. The van der Waals surface area contributed by atoms with E-state index in [4.69, 9.17) is 23.8 Å². The SMILES string of the molecule is CCc1ccc(C(=S)NCCCSC)cc1NC(=O)CCCCCl. The Morgan fingerprint density at radius 1 is 1.29 bits per heavy atom. The summed E-state index contributed by atoms with van der Waals surface area (Å²) in [5.41, 5.74) is 2.93. The quantitative estimate of drug-likeness (QED) is 0.331. The predicted octanol–water partition coefficient (Wildman–Crippen LogP) is 4.61. The first-order valence-corrected chi connectivity index (χ1v) is 10.7. The Morgan fingerprint density at radius 3 is 2.75 bits per heavy atom. The molecule has 0 saturated carbocycles. The van der Waals surface area contributed by atoms with Crippen LogP contribution in [0.5, 0.6) is 0 Å². The Bertz CT molecular complexity index is 538. The van der Waals surface area contributed by atoms with E-state index in [0.717, 1.165) is 59.8 Å². The Hall–Kier alpha value is -0.780. The largest absolute Gasteiger partial charge is 0.376 e. The molecule has 2 N–H and O–H groups in total. The fourth-order valence-corrected chi connectivity index (χ4v) is 3.11. The van der Waals surface area contributed by atoms with Gasteiger partial charge in [-0.15, -0.1) is 11.6 Å². The average Bonchev–Trinajstić information content (AvgIpc) is 2.58. The van der Waals surface area contributed by atoms with Crippen molar-refractivity contribution in [3.05, 3.63) is 29.3 Å². The molecule has 24 heavy (non-hydrogen) atoms. The third-order valence-corrected chi connectivity index (χ3v) is 4.97. The number of carbonyl (C=O) groups is 1. The monoisotopic (exact) mass is 386 g/mol. The zero-order valence-electron chi connectivity index (χ0n) is 14.5. The van der Waals surface area contributed by atoms with Crippen molar-refractivity contribution >= 4 is 52.2 Å². The molecule has 0 aromatic heterocycles. The molecule has 0 bridgehead atoms. The van der Waals surface area contributed by atoms with Gasteiger partial charge in [0.1, 0.15) is 4.99 Å². The van der Waals surface area contributed by atoms with E-state index < -0.39 is 0 Å². The maximum Gasteiger partial charge on any atom is 0.224 e. The highest BCUT2D eigenvalue weighted by Gasteiger charge is 2.09. The molecule has 1 aromatic carbocycles. The number of halogens is 1. The van der Waals surface area contributed by atoms with Gasteiger partial charge >= 0.3 is 0 Å². The molecule has 0 spiro atoms. The molecule has 6 heteroatoms. The van der Waals surface area contributed by atoms with Crippen molar-refractivity contribution in [3.63, 3.8) is 0 Å². The lowest BCUT2D eigenvalue weighted by molar-refractivity contribution is -0.116. The molecule has 1 rings (SSSR count). The molecule has 0 aliphatic rings. The van der Waals surface area contributed by atoms with Crippen LogP contribution in [-0.2, 0) is 11.2 Å². The number of carbonyl (C=O) groups excluding carboxylic acids is 1. The fraction of sp³-hybridized carbons (Fsp3) is 0.556. The van der Waals surface area contributed by atoms with E-state index in [-0.39, 0.29) is 5.91 Å². The van der Waals surface area contributed by atoms with Gasteiger partial charge < -0.3 is 10.6 Å². The number of thiocarbonyl (C=S) groups is 1. The number of thioether (sulfide) groups is 1. The number of rotatable bonds is 11. The molecule has 0 radical (unpaired) electrons. The number of amides is 1. The first-order chi connectivity index (χ1) is 11.6. The van der Waals surface area contributed by atoms with E-state index in [2.05, 4.69) is 23.8 Å². The van der Waals surface area contributed by atoms with Crippen LogP contribution in [0.2, 0.25) is 0 Å². The lowest BCUT2D eigenvalue weighted by Gasteiger charge is -2.14. The summed E-state index contributed by atoms with van der Waals surface area (Å²) in [5.74, 6) is 1.75. The van der Waals surface area contributed by atoms with Crippen molar-refractivity contribution in [2.24, 2.45) is 0 Å². The maximum absolute atomic E-state index is 12.1. The van der Waals surface area contributed by atoms with Crippen LogP contribution in [0, 0.1) is 0 Å². The van der Waals surface area contributed by atoms with Gasteiger partial charge in [-0.25, -0.2) is 0 Å². The number of aryl methyl sites for hydroxylation is 1. The molecule has 134 valence electrons. The second kappa shape index (κ2) is 12.6. The third-order valence-electron chi connectivity index (χ3n) is 3.63. The van der Waals surface area contributed by atoms with E-state index in [1.54, 1.807) is 0 Å². The van der Waals surface area contributed by atoms with Crippen molar-refractivity contribution < 1.29 is 4.79 Å². The molecule has 0 unspecified atom stereocenters. The summed E-state index contributed by atoms with van der Waals surface area (Å²) in [6.07, 6.45) is 6.22. The van der Waals surface area contributed by atoms with E-state index >= 15 is 0 Å². The van der Waals surface area contributed by atoms with Crippen LogP contribution in [0.25, 0.3) is 0 Å². The number of alkyl halides is 1. The van der Waals surface area contributed by atoms with E-state index in [0.29, 0.717) is 12.3 Å². The van der Waals surface area contributed by atoms with Crippen LogP contribution >= 0.6 is 35.6 Å². The summed E-state index contributed by atoms with van der Waals surface area (Å²) in [7, 11) is 0. The summed E-state index contributed by atoms with van der Waals surface area (Å²) in [6.45, 7) is 2.95. The predicted molar refractivity (Wildman–Crippen MR) is 112 cm³/mol. The van der Waals surface area contributed by atoms with Gasteiger partial charge in [0.2, 0.25) is 5.91 Å². The lowest BCUT2D eigenvalue weighted by Crippen LogP contribution is -2.24. The molecule has 1 aromatic rings. The average molecular weight is 387 g/mol. The molecular weight excluding hydrogens is 360 g/mol. The molecule has 1 amide bonds. The molecular formula is C18H27ClN2OS2. The van der Waals surface area contributed by atoms with Gasteiger partial charge in [-0.1, -0.05) is 31.3 Å². The summed E-state index contributed by atoms with van der Waals surface area (Å²) in [4.78, 5) is 12.8. The van der Waals surface area contributed by atoms with Gasteiger partial charge in [0.15, 0.2) is 0 Å². The number of nitrogens with one attached hydrogen (secondary N) is 2. The maximum atomic E-state index is 12.1. The number of unbranched alkanes of at least 4 members (excludes halogenated alkanes) is 1. The van der Waals surface area contributed by atoms with Gasteiger partial charge in [0, 0.05) is 30.1 Å². The molecule has 0 aliphatic carbocycles. The van der Waals surface area contributed by atoms with E-state index in [9.17, 15) is 4.79 Å². The molecule has 0 fully saturated rings. The smallest absolute Gasteiger partial charge is 0.224 e. The van der Waals surface area contributed by atoms with Crippen molar-refractivity contribution in [3.8, 4) is 0 Å². The fourth-order valence-electron chi connectivity index (χ4n) is 2.26. The van der Waals surface area contributed by atoms with E-state index in [1.165, 1.54) is 0 Å². The number of hydrogen-bond donors (Lipinski definition) is 2. The summed E-state index contributed by atoms with van der Waals surface area (Å²) < 4.78 is 0. The van der Waals surface area contributed by atoms with Crippen LogP contribution < -0.4 is 10.6 Å². The Labute approximate surface area is 160 Å². The number of hydrogen-bond acceptors (Lipinski definition) is 3. The van der Waals surface area contributed by atoms with E-state index in [1.807, 2.05) is 30.0 Å².